The number of aromatic nitrogens is 1. The number of hydrogen-bond donors (Lipinski definition) is 3. The van der Waals surface area contributed by atoms with E-state index in [0.717, 1.165) is 18.7 Å². The van der Waals surface area contributed by atoms with Gasteiger partial charge in [0.25, 0.3) is 0 Å². The van der Waals surface area contributed by atoms with Crippen LogP contribution in [0.3, 0.4) is 0 Å². The largest absolute Gasteiger partial charge is 0.383 e. The zero-order chi connectivity index (χ0) is 15.0. The van der Waals surface area contributed by atoms with E-state index in [1.54, 1.807) is 13.2 Å². The fourth-order valence-electron chi connectivity index (χ4n) is 1.80. The Hall–Kier alpha value is -0.890. The third-order valence-electron chi connectivity index (χ3n) is 2.95. The van der Waals surface area contributed by atoms with Crippen molar-refractivity contribution in [2.75, 3.05) is 20.3 Å². The Morgan fingerprint density at radius 2 is 2.15 bits per heavy atom. The van der Waals surface area contributed by atoms with Crippen LogP contribution in [0, 0.1) is 0 Å². The molecule has 0 radical (unpaired) electrons. The predicted molar refractivity (Wildman–Crippen MR) is 79.1 cm³/mol. The van der Waals surface area contributed by atoms with Gasteiger partial charge in [0.05, 0.1) is 11.5 Å². The highest BCUT2D eigenvalue weighted by Crippen LogP contribution is 2.12. The number of rotatable bonds is 10. The minimum absolute atomic E-state index is 0.207. The van der Waals surface area contributed by atoms with E-state index >= 15 is 0 Å². The van der Waals surface area contributed by atoms with Crippen LogP contribution >= 0.6 is 0 Å². The van der Waals surface area contributed by atoms with Crippen LogP contribution in [0.5, 0.6) is 0 Å². The van der Waals surface area contributed by atoms with Gasteiger partial charge in [-0.05, 0) is 25.5 Å². The van der Waals surface area contributed by atoms with E-state index in [2.05, 4.69) is 21.9 Å². The molecule has 0 spiro atoms. The second kappa shape index (κ2) is 8.41. The fourth-order valence-corrected chi connectivity index (χ4v) is 3.12. The van der Waals surface area contributed by atoms with Crippen molar-refractivity contribution >= 4 is 10.0 Å². The molecule has 1 unspecified atom stereocenters. The Labute approximate surface area is 121 Å². The minimum atomic E-state index is -3.49. The molecule has 0 bridgehead atoms. The van der Waals surface area contributed by atoms with Gasteiger partial charge in [0.1, 0.15) is 0 Å². The van der Waals surface area contributed by atoms with Crippen LogP contribution in [-0.4, -0.2) is 39.7 Å². The molecular weight excluding hydrogens is 278 g/mol. The first kappa shape index (κ1) is 17.2. The highest BCUT2D eigenvalue weighted by molar-refractivity contribution is 7.89. The van der Waals surface area contributed by atoms with Crippen molar-refractivity contribution in [3.63, 3.8) is 0 Å². The van der Waals surface area contributed by atoms with E-state index in [4.69, 9.17) is 4.74 Å². The van der Waals surface area contributed by atoms with Crippen molar-refractivity contribution in [2.45, 2.75) is 44.2 Å². The Kier molecular flexibility index (Phi) is 7.22. The molecule has 116 valence electrons. The van der Waals surface area contributed by atoms with E-state index < -0.39 is 10.0 Å². The number of aromatic amines is 1. The van der Waals surface area contributed by atoms with E-state index in [0.29, 0.717) is 19.6 Å². The summed E-state index contributed by atoms with van der Waals surface area (Å²) in [5.41, 5.74) is 0.860. The molecular formula is C13H25N3O3S. The molecule has 0 saturated heterocycles. The number of methoxy groups -OCH3 is 1. The lowest BCUT2D eigenvalue weighted by atomic mass is 10.3. The van der Waals surface area contributed by atoms with Crippen LogP contribution in [0.25, 0.3) is 0 Å². The lowest BCUT2D eigenvalue weighted by Gasteiger charge is -2.15. The Morgan fingerprint density at radius 3 is 2.75 bits per heavy atom. The molecule has 1 atom stereocenters. The van der Waals surface area contributed by atoms with Gasteiger partial charge in [-0.3, -0.25) is 0 Å². The Morgan fingerprint density at radius 1 is 1.40 bits per heavy atom. The lowest BCUT2D eigenvalue weighted by molar-refractivity contribution is 0.173. The molecule has 1 heterocycles. The van der Waals surface area contributed by atoms with Gasteiger partial charge < -0.3 is 15.0 Å². The van der Waals surface area contributed by atoms with E-state index in [-0.39, 0.29) is 10.9 Å². The average Bonchev–Trinajstić information content (AvgIpc) is 2.88. The van der Waals surface area contributed by atoms with Gasteiger partial charge in [0.15, 0.2) is 0 Å². The number of sulfonamides is 1. The monoisotopic (exact) mass is 303 g/mol. The van der Waals surface area contributed by atoms with Crippen LogP contribution in [0.15, 0.2) is 17.2 Å². The second-order valence-corrected chi connectivity index (χ2v) is 6.43. The number of H-pyrrole nitrogens is 1. The summed E-state index contributed by atoms with van der Waals surface area (Å²) in [7, 11) is -1.93. The summed E-state index contributed by atoms with van der Waals surface area (Å²) in [6, 6.07) is 1.45. The molecule has 6 nitrogen and oxygen atoms in total. The van der Waals surface area contributed by atoms with Crippen molar-refractivity contribution in [2.24, 2.45) is 0 Å². The summed E-state index contributed by atoms with van der Waals surface area (Å²) in [5.74, 6) is 0. The average molecular weight is 303 g/mol. The maximum absolute atomic E-state index is 12.2. The molecule has 1 aromatic rings. The lowest BCUT2D eigenvalue weighted by Crippen LogP contribution is -2.37. The summed E-state index contributed by atoms with van der Waals surface area (Å²) in [4.78, 5) is 3.25. The summed E-state index contributed by atoms with van der Waals surface area (Å²) in [6.07, 6.45) is 3.25. The van der Waals surface area contributed by atoms with Crippen molar-refractivity contribution < 1.29 is 13.2 Å². The molecule has 0 saturated carbocycles. The Balaban J connectivity index is 2.67. The molecule has 0 amide bonds. The maximum Gasteiger partial charge on any atom is 0.242 e. The zero-order valence-electron chi connectivity index (χ0n) is 12.4. The first-order valence-electron chi connectivity index (χ1n) is 6.92. The van der Waals surface area contributed by atoms with Crippen molar-refractivity contribution in [1.29, 1.82) is 0 Å². The van der Waals surface area contributed by atoms with Crippen LogP contribution in [0.1, 0.15) is 32.4 Å². The smallest absolute Gasteiger partial charge is 0.242 e. The maximum atomic E-state index is 12.2. The summed E-state index contributed by atoms with van der Waals surface area (Å²) in [5, 5.41) is 3.22. The van der Waals surface area contributed by atoms with Crippen LogP contribution in [0.4, 0.5) is 0 Å². The molecule has 3 N–H and O–H groups in total. The third kappa shape index (κ3) is 5.24. The van der Waals surface area contributed by atoms with Crippen LogP contribution in [0.2, 0.25) is 0 Å². The van der Waals surface area contributed by atoms with Gasteiger partial charge in [0, 0.05) is 31.6 Å². The molecule has 20 heavy (non-hydrogen) atoms. The number of ether oxygens (including phenoxy) is 1. The predicted octanol–water partition coefficient (Wildman–Crippen LogP) is 1.22. The van der Waals surface area contributed by atoms with E-state index in [1.165, 1.54) is 6.20 Å². The van der Waals surface area contributed by atoms with Crippen molar-refractivity contribution in [3.05, 3.63) is 18.0 Å². The van der Waals surface area contributed by atoms with Gasteiger partial charge in [0.2, 0.25) is 10.0 Å². The van der Waals surface area contributed by atoms with Gasteiger partial charge in [-0.2, -0.15) is 0 Å². The van der Waals surface area contributed by atoms with Gasteiger partial charge in [-0.1, -0.05) is 13.8 Å². The first-order chi connectivity index (χ1) is 9.53. The number of hydrogen-bond acceptors (Lipinski definition) is 4. The molecule has 0 aliphatic heterocycles. The van der Waals surface area contributed by atoms with Crippen LogP contribution in [-0.2, 0) is 21.3 Å². The van der Waals surface area contributed by atoms with Crippen LogP contribution < -0.4 is 10.0 Å². The highest BCUT2D eigenvalue weighted by Gasteiger charge is 2.20. The minimum Gasteiger partial charge on any atom is -0.383 e. The molecule has 0 aromatic carbocycles. The van der Waals surface area contributed by atoms with E-state index in [1.807, 2.05) is 6.92 Å². The summed E-state index contributed by atoms with van der Waals surface area (Å²) in [6.45, 7) is 5.92. The second-order valence-electron chi connectivity index (χ2n) is 4.72. The summed E-state index contributed by atoms with van der Waals surface area (Å²) >= 11 is 0. The molecule has 0 aliphatic rings. The summed E-state index contributed by atoms with van der Waals surface area (Å²) < 4.78 is 32.1. The van der Waals surface area contributed by atoms with Crippen molar-refractivity contribution in [1.82, 2.24) is 15.0 Å². The molecule has 1 rings (SSSR count). The third-order valence-corrected chi connectivity index (χ3v) is 4.45. The zero-order valence-corrected chi connectivity index (χ0v) is 13.2. The fraction of sp³-hybridized carbons (Fsp3) is 0.692. The van der Waals surface area contributed by atoms with Gasteiger partial charge in [-0.25, -0.2) is 13.1 Å². The molecule has 0 fully saturated rings. The highest BCUT2D eigenvalue weighted by atomic mass is 32.2. The van der Waals surface area contributed by atoms with Crippen molar-refractivity contribution in [3.8, 4) is 0 Å². The van der Waals surface area contributed by atoms with Gasteiger partial charge >= 0.3 is 0 Å². The molecule has 0 aliphatic carbocycles. The Bertz CT molecular complexity index is 485. The topological polar surface area (TPSA) is 83.2 Å². The number of nitrogens with one attached hydrogen (secondary N) is 3. The van der Waals surface area contributed by atoms with E-state index in [9.17, 15) is 8.42 Å². The quantitative estimate of drug-likeness (QED) is 0.568. The van der Waals surface area contributed by atoms with Gasteiger partial charge in [-0.15, -0.1) is 0 Å². The molecule has 1 aromatic heterocycles. The normalized spacial score (nSPS) is 13.6. The SMILES string of the molecule is CCCNCc1cc(S(=O)(=O)NC(CC)COC)c[nH]1. The standard InChI is InChI=1S/C13H25N3O3S/c1-4-6-14-8-12-7-13(9-15-12)20(17,18)16-11(5-2)10-19-3/h7,9,11,14-16H,4-6,8,10H2,1-3H3. The molecule has 7 heteroatoms. The first-order valence-corrected chi connectivity index (χ1v) is 8.41.